The van der Waals surface area contributed by atoms with Gasteiger partial charge in [-0.2, -0.15) is 0 Å². The first-order valence-corrected chi connectivity index (χ1v) is 5.10. The standard InChI is InChI=1S/C11H16N2O/c1-14-11-6-9(7-12-8-11)5-10-3-2-4-13-10/h6-8,10,13H,2-5H2,1H3. The highest BCUT2D eigenvalue weighted by Crippen LogP contribution is 2.15. The van der Waals surface area contributed by atoms with Crippen molar-refractivity contribution in [1.82, 2.24) is 10.3 Å². The second-order valence-corrected chi connectivity index (χ2v) is 3.73. The maximum atomic E-state index is 5.14. The summed E-state index contributed by atoms with van der Waals surface area (Å²) in [4.78, 5) is 4.14. The normalized spacial score (nSPS) is 21.1. The number of nitrogens with zero attached hydrogens (tertiary/aromatic N) is 1. The molecule has 1 atom stereocenters. The molecule has 3 nitrogen and oxygen atoms in total. The maximum absolute atomic E-state index is 5.14. The Hall–Kier alpha value is -1.09. The highest BCUT2D eigenvalue weighted by Gasteiger charge is 2.14. The molecule has 1 N–H and O–H groups in total. The van der Waals surface area contributed by atoms with Gasteiger partial charge >= 0.3 is 0 Å². The van der Waals surface area contributed by atoms with E-state index >= 15 is 0 Å². The molecule has 1 aliphatic heterocycles. The summed E-state index contributed by atoms with van der Waals surface area (Å²) < 4.78 is 5.14. The number of rotatable bonds is 3. The van der Waals surface area contributed by atoms with Crippen molar-refractivity contribution in [2.24, 2.45) is 0 Å². The molecule has 0 aromatic carbocycles. The third kappa shape index (κ3) is 2.23. The molecule has 0 aliphatic carbocycles. The Bertz CT molecular complexity index is 295. The van der Waals surface area contributed by atoms with Gasteiger partial charge in [0.15, 0.2) is 0 Å². The first kappa shape index (κ1) is 9.46. The van der Waals surface area contributed by atoms with Crippen LogP contribution in [0.4, 0.5) is 0 Å². The van der Waals surface area contributed by atoms with Crippen LogP contribution in [-0.4, -0.2) is 24.7 Å². The van der Waals surface area contributed by atoms with Crippen LogP contribution in [0, 0.1) is 0 Å². The molecular formula is C11H16N2O. The Labute approximate surface area is 84.5 Å². The zero-order chi connectivity index (χ0) is 9.80. The van der Waals surface area contributed by atoms with Gasteiger partial charge in [-0.1, -0.05) is 0 Å². The Kier molecular flexibility index (Phi) is 2.99. The Morgan fingerprint density at radius 2 is 2.50 bits per heavy atom. The van der Waals surface area contributed by atoms with E-state index in [-0.39, 0.29) is 0 Å². The fourth-order valence-electron chi connectivity index (χ4n) is 1.90. The molecule has 14 heavy (non-hydrogen) atoms. The average molecular weight is 192 g/mol. The van der Waals surface area contributed by atoms with E-state index in [9.17, 15) is 0 Å². The van der Waals surface area contributed by atoms with E-state index in [1.165, 1.54) is 18.4 Å². The zero-order valence-electron chi connectivity index (χ0n) is 8.49. The topological polar surface area (TPSA) is 34.1 Å². The number of hydrogen-bond donors (Lipinski definition) is 1. The predicted octanol–water partition coefficient (Wildman–Crippen LogP) is 1.38. The number of methoxy groups -OCH3 is 1. The van der Waals surface area contributed by atoms with Crippen LogP contribution in [0.25, 0.3) is 0 Å². The van der Waals surface area contributed by atoms with Gasteiger partial charge in [0.25, 0.3) is 0 Å². The summed E-state index contributed by atoms with van der Waals surface area (Å²) in [6.45, 7) is 1.15. The number of nitrogens with one attached hydrogen (secondary N) is 1. The zero-order valence-corrected chi connectivity index (χ0v) is 8.49. The third-order valence-corrected chi connectivity index (χ3v) is 2.65. The van der Waals surface area contributed by atoms with Crippen LogP contribution in [0.2, 0.25) is 0 Å². The summed E-state index contributed by atoms with van der Waals surface area (Å²) in [5.74, 6) is 0.848. The molecular weight excluding hydrogens is 176 g/mol. The molecule has 1 aromatic rings. The van der Waals surface area contributed by atoms with Crippen LogP contribution in [-0.2, 0) is 6.42 Å². The largest absolute Gasteiger partial charge is 0.495 e. The molecule has 1 unspecified atom stereocenters. The molecule has 0 bridgehead atoms. The van der Waals surface area contributed by atoms with Crippen molar-refractivity contribution in [2.75, 3.05) is 13.7 Å². The Balaban J connectivity index is 2.00. The maximum Gasteiger partial charge on any atom is 0.137 e. The van der Waals surface area contributed by atoms with Gasteiger partial charge in [0.05, 0.1) is 13.3 Å². The first-order chi connectivity index (χ1) is 6.88. The van der Waals surface area contributed by atoms with E-state index < -0.39 is 0 Å². The summed E-state index contributed by atoms with van der Waals surface area (Å²) in [5, 5.41) is 3.47. The molecule has 76 valence electrons. The number of aromatic nitrogens is 1. The lowest BCUT2D eigenvalue weighted by atomic mass is 10.1. The molecule has 0 amide bonds. The lowest BCUT2D eigenvalue weighted by Gasteiger charge is -2.10. The van der Waals surface area contributed by atoms with Gasteiger partial charge in [-0.3, -0.25) is 4.98 Å². The number of hydrogen-bond acceptors (Lipinski definition) is 3. The smallest absolute Gasteiger partial charge is 0.137 e. The highest BCUT2D eigenvalue weighted by molar-refractivity contribution is 5.24. The minimum absolute atomic E-state index is 0.629. The van der Waals surface area contributed by atoms with Gasteiger partial charge < -0.3 is 10.1 Å². The van der Waals surface area contributed by atoms with E-state index in [0.717, 1.165) is 18.7 Å². The summed E-state index contributed by atoms with van der Waals surface area (Å²) in [6.07, 6.45) is 7.29. The molecule has 1 fully saturated rings. The van der Waals surface area contributed by atoms with Gasteiger partial charge in [0, 0.05) is 12.2 Å². The number of ether oxygens (including phenoxy) is 1. The molecule has 2 rings (SSSR count). The summed E-state index contributed by atoms with van der Waals surface area (Å²) in [7, 11) is 1.68. The van der Waals surface area contributed by atoms with Crippen molar-refractivity contribution in [1.29, 1.82) is 0 Å². The first-order valence-electron chi connectivity index (χ1n) is 5.10. The van der Waals surface area contributed by atoms with Gasteiger partial charge in [-0.25, -0.2) is 0 Å². The second-order valence-electron chi connectivity index (χ2n) is 3.73. The van der Waals surface area contributed by atoms with Crippen LogP contribution < -0.4 is 10.1 Å². The number of pyridine rings is 1. The Morgan fingerprint density at radius 3 is 3.21 bits per heavy atom. The quantitative estimate of drug-likeness (QED) is 0.785. The minimum atomic E-state index is 0.629. The molecule has 0 saturated carbocycles. The molecule has 0 radical (unpaired) electrons. The van der Waals surface area contributed by atoms with Crippen LogP contribution in [0.1, 0.15) is 18.4 Å². The Morgan fingerprint density at radius 1 is 1.57 bits per heavy atom. The van der Waals surface area contributed by atoms with Gasteiger partial charge in [-0.15, -0.1) is 0 Å². The second kappa shape index (κ2) is 4.42. The fourth-order valence-corrected chi connectivity index (χ4v) is 1.90. The van der Waals surface area contributed by atoms with Crippen molar-refractivity contribution in [3.05, 3.63) is 24.0 Å². The predicted molar refractivity (Wildman–Crippen MR) is 55.5 cm³/mol. The molecule has 1 aromatic heterocycles. The van der Waals surface area contributed by atoms with Crippen molar-refractivity contribution in [2.45, 2.75) is 25.3 Å². The van der Waals surface area contributed by atoms with E-state index in [0.29, 0.717) is 6.04 Å². The fraction of sp³-hybridized carbons (Fsp3) is 0.545. The highest BCUT2D eigenvalue weighted by atomic mass is 16.5. The van der Waals surface area contributed by atoms with Crippen LogP contribution >= 0.6 is 0 Å². The lowest BCUT2D eigenvalue weighted by molar-refractivity contribution is 0.412. The van der Waals surface area contributed by atoms with Crippen molar-refractivity contribution in [3.8, 4) is 5.75 Å². The van der Waals surface area contributed by atoms with Crippen molar-refractivity contribution >= 4 is 0 Å². The average Bonchev–Trinajstić information content (AvgIpc) is 2.71. The van der Waals surface area contributed by atoms with Crippen LogP contribution in [0.5, 0.6) is 5.75 Å². The van der Waals surface area contributed by atoms with E-state index in [1.54, 1.807) is 13.3 Å². The molecule has 0 spiro atoms. The van der Waals surface area contributed by atoms with Gasteiger partial charge in [0.2, 0.25) is 0 Å². The summed E-state index contributed by atoms with van der Waals surface area (Å²) >= 11 is 0. The van der Waals surface area contributed by atoms with Crippen LogP contribution in [0.15, 0.2) is 18.5 Å². The van der Waals surface area contributed by atoms with E-state index in [4.69, 9.17) is 4.74 Å². The van der Waals surface area contributed by atoms with Gasteiger partial charge in [0.1, 0.15) is 5.75 Å². The van der Waals surface area contributed by atoms with Gasteiger partial charge in [-0.05, 0) is 37.4 Å². The van der Waals surface area contributed by atoms with Crippen molar-refractivity contribution in [3.63, 3.8) is 0 Å². The molecule has 3 heteroatoms. The molecule has 1 saturated heterocycles. The van der Waals surface area contributed by atoms with Crippen molar-refractivity contribution < 1.29 is 4.74 Å². The van der Waals surface area contributed by atoms with E-state index in [2.05, 4.69) is 16.4 Å². The SMILES string of the molecule is COc1cncc(CC2CCCN2)c1. The molecule has 2 heterocycles. The van der Waals surface area contributed by atoms with Crippen LogP contribution in [0.3, 0.4) is 0 Å². The summed E-state index contributed by atoms with van der Waals surface area (Å²) in [5.41, 5.74) is 1.25. The lowest BCUT2D eigenvalue weighted by Crippen LogP contribution is -2.23. The molecule has 1 aliphatic rings. The third-order valence-electron chi connectivity index (χ3n) is 2.65. The van der Waals surface area contributed by atoms with E-state index in [1.807, 2.05) is 6.20 Å². The minimum Gasteiger partial charge on any atom is -0.495 e. The summed E-state index contributed by atoms with van der Waals surface area (Å²) in [6, 6.07) is 2.69. The monoisotopic (exact) mass is 192 g/mol.